The standard InChI is InChI=1S/C11H18N2O2S/c1(4-15-11-2-5-14-7-11)3-12-6-10-8-16-9-13-10/h8-9,11-12H,1-7H2. The first-order chi connectivity index (χ1) is 7.95. The molecule has 1 N–H and O–H groups in total. The van der Waals surface area contributed by atoms with Gasteiger partial charge in [0, 0.05) is 25.1 Å². The molecular formula is C11H18N2O2S. The molecule has 5 heteroatoms. The maximum atomic E-state index is 5.66. The Bertz CT molecular complexity index is 274. The first-order valence-corrected chi connectivity index (χ1v) is 6.66. The van der Waals surface area contributed by atoms with Gasteiger partial charge in [0.05, 0.1) is 23.9 Å². The average Bonchev–Trinajstić information content (AvgIpc) is 2.96. The Morgan fingerprint density at radius 2 is 2.62 bits per heavy atom. The summed E-state index contributed by atoms with van der Waals surface area (Å²) < 4.78 is 10.9. The zero-order valence-corrected chi connectivity index (χ0v) is 10.2. The molecule has 0 bridgehead atoms. The maximum absolute atomic E-state index is 5.66. The lowest BCUT2D eigenvalue weighted by Gasteiger charge is -2.09. The normalized spacial score (nSPS) is 20.4. The first kappa shape index (κ1) is 12.0. The minimum absolute atomic E-state index is 0.332. The largest absolute Gasteiger partial charge is 0.379 e. The van der Waals surface area contributed by atoms with Crippen molar-refractivity contribution in [2.45, 2.75) is 25.5 Å². The van der Waals surface area contributed by atoms with Crippen molar-refractivity contribution in [2.24, 2.45) is 0 Å². The van der Waals surface area contributed by atoms with Crippen molar-refractivity contribution in [3.05, 3.63) is 16.6 Å². The molecular weight excluding hydrogens is 224 g/mol. The molecule has 2 heterocycles. The molecule has 2 rings (SSSR count). The van der Waals surface area contributed by atoms with Gasteiger partial charge in [0.1, 0.15) is 0 Å². The van der Waals surface area contributed by atoms with Crippen LogP contribution in [0.4, 0.5) is 0 Å². The van der Waals surface area contributed by atoms with Crippen LogP contribution in [-0.4, -0.2) is 37.5 Å². The van der Waals surface area contributed by atoms with E-state index >= 15 is 0 Å². The smallest absolute Gasteiger partial charge is 0.0830 e. The highest BCUT2D eigenvalue weighted by Crippen LogP contribution is 2.07. The third kappa shape index (κ3) is 4.17. The molecule has 1 fully saturated rings. The van der Waals surface area contributed by atoms with E-state index in [1.165, 1.54) is 0 Å². The third-order valence-corrected chi connectivity index (χ3v) is 3.16. The van der Waals surface area contributed by atoms with Gasteiger partial charge in [0.2, 0.25) is 0 Å². The van der Waals surface area contributed by atoms with Crippen molar-refractivity contribution < 1.29 is 9.47 Å². The Hall–Kier alpha value is -0.490. The molecule has 1 aromatic rings. The van der Waals surface area contributed by atoms with Gasteiger partial charge in [-0.15, -0.1) is 11.3 Å². The zero-order valence-electron chi connectivity index (χ0n) is 9.35. The summed E-state index contributed by atoms with van der Waals surface area (Å²) in [4.78, 5) is 4.21. The highest BCUT2D eigenvalue weighted by molar-refractivity contribution is 7.07. The number of aromatic nitrogens is 1. The van der Waals surface area contributed by atoms with Crippen LogP contribution in [0.3, 0.4) is 0 Å². The molecule has 1 aliphatic heterocycles. The van der Waals surface area contributed by atoms with Gasteiger partial charge in [-0.05, 0) is 19.4 Å². The van der Waals surface area contributed by atoms with Gasteiger partial charge in [-0.1, -0.05) is 0 Å². The van der Waals surface area contributed by atoms with E-state index in [0.29, 0.717) is 6.10 Å². The molecule has 1 saturated heterocycles. The number of hydrogen-bond donors (Lipinski definition) is 1. The molecule has 90 valence electrons. The highest BCUT2D eigenvalue weighted by atomic mass is 32.1. The summed E-state index contributed by atoms with van der Waals surface area (Å²) >= 11 is 1.64. The summed E-state index contributed by atoms with van der Waals surface area (Å²) in [5.74, 6) is 0. The van der Waals surface area contributed by atoms with Gasteiger partial charge in [-0.3, -0.25) is 0 Å². The van der Waals surface area contributed by atoms with Crippen molar-refractivity contribution in [2.75, 3.05) is 26.4 Å². The van der Waals surface area contributed by atoms with Crippen molar-refractivity contribution in [3.8, 4) is 0 Å². The molecule has 0 aliphatic carbocycles. The molecule has 0 saturated carbocycles. The fourth-order valence-electron chi connectivity index (χ4n) is 1.63. The number of nitrogens with zero attached hydrogens (tertiary/aromatic N) is 1. The van der Waals surface area contributed by atoms with E-state index < -0.39 is 0 Å². The number of hydrogen-bond acceptors (Lipinski definition) is 5. The second-order valence-electron chi connectivity index (χ2n) is 3.87. The van der Waals surface area contributed by atoms with E-state index in [9.17, 15) is 0 Å². The summed E-state index contributed by atoms with van der Waals surface area (Å²) in [6, 6.07) is 0. The molecule has 0 radical (unpaired) electrons. The van der Waals surface area contributed by atoms with Crippen LogP contribution in [0, 0.1) is 0 Å². The predicted octanol–water partition coefficient (Wildman–Crippen LogP) is 1.43. The number of thiazole rings is 1. The Labute approximate surface area is 100.0 Å². The van der Waals surface area contributed by atoms with Crippen molar-refractivity contribution in [1.29, 1.82) is 0 Å². The van der Waals surface area contributed by atoms with Crippen LogP contribution in [0.1, 0.15) is 18.5 Å². The zero-order chi connectivity index (χ0) is 11.1. The molecule has 0 spiro atoms. The van der Waals surface area contributed by atoms with Gasteiger partial charge in [0.25, 0.3) is 0 Å². The van der Waals surface area contributed by atoms with E-state index in [-0.39, 0.29) is 0 Å². The van der Waals surface area contributed by atoms with E-state index in [2.05, 4.69) is 15.7 Å². The summed E-state index contributed by atoms with van der Waals surface area (Å²) in [6.45, 7) is 4.28. The van der Waals surface area contributed by atoms with Crippen LogP contribution in [-0.2, 0) is 16.0 Å². The molecule has 0 amide bonds. The number of rotatable bonds is 7. The number of nitrogens with one attached hydrogen (secondary N) is 1. The van der Waals surface area contributed by atoms with Gasteiger partial charge in [-0.25, -0.2) is 4.98 Å². The highest BCUT2D eigenvalue weighted by Gasteiger charge is 2.14. The van der Waals surface area contributed by atoms with Crippen LogP contribution in [0.15, 0.2) is 10.9 Å². The second-order valence-corrected chi connectivity index (χ2v) is 4.59. The van der Waals surface area contributed by atoms with Crippen LogP contribution in [0.2, 0.25) is 0 Å². The molecule has 1 unspecified atom stereocenters. The maximum Gasteiger partial charge on any atom is 0.0830 e. The predicted molar refractivity (Wildman–Crippen MR) is 63.6 cm³/mol. The van der Waals surface area contributed by atoms with E-state index in [0.717, 1.165) is 51.4 Å². The van der Waals surface area contributed by atoms with Crippen LogP contribution in [0.25, 0.3) is 0 Å². The van der Waals surface area contributed by atoms with E-state index in [1.807, 2.05) is 5.51 Å². The Morgan fingerprint density at radius 3 is 3.38 bits per heavy atom. The van der Waals surface area contributed by atoms with E-state index in [4.69, 9.17) is 9.47 Å². The monoisotopic (exact) mass is 242 g/mol. The Kier molecular flexibility index (Phi) is 5.21. The molecule has 1 aliphatic rings. The van der Waals surface area contributed by atoms with Gasteiger partial charge in [-0.2, -0.15) is 0 Å². The topological polar surface area (TPSA) is 43.4 Å². The lowest BCUT2D eigenvalue weighted by Crippen LogP contribution is -2.19. The lowest BCUT2D eigenvalue weighted by atomic mass is 10.3. The van der Waals surface area contributed by atoms with Crippen LogP contribution < -0.4 is 5.32 Å². The third-order valence-electron chi connectivity index (χ3n) is 2.53. The molecule has 1 atom stereocenters. The fourth-order valence-corrected chi connectivity index (χ4v) is 2.19. The van der Waals surface area contributed by atoms with Gasteiger partial charge in [0.15, 0.2) is 0 Å². The summed E-state index contributed by atoms with van der Waals surface area (Å²) in [5, 5.41) is 5.41. The molecule has 0 aromatic carbocycles. The summed E-state index contributed by atoms with van der Waals surface area (Å²) in [5.41, 5.74) is 2.98. The van der Waals surface area contributed by atoms with E-state index in [1.54, 1.807) is 11.3 Å². The summed E-state index contributed by atoms with van der Waals surface area (Å²) in [7, 11) is 0. The van der Waals surface area contributed by atoms with Crippen LogP contribution in [0.5, 0.6) is 0 Å². The van der Waals surface area contributed by atoms with Gasteiger partial charge >= 0.3 is 0 Å². The minimum atomic E-state index is 0.332. The van der Waals surface area contributed by atoms with Gasteiger partial charge < -0.3 is 14.8 Å². The van der Waals surface area contributed by atoms with Crippen LogP contribution >= 0.6 is 11.3 Å². The lowest BCUT2D eigenvalue weighted by molar-refractivity contribution is 0.0416. The molecule has 1 aromatic heterocycles. The SMILES string of the molecule is c1nc(CNCCCOC2CCOC2)cs1. The minimum Gasteiger partial charge on any atom is -0.379 e. The quantitative estimate of drug-likeness (QED) is 0.735. The van der Waals surface area contributed by atoms with Crippen molar-refractivity contribution >= 4 is 11.3 Å². The second kappa shape index (κ2) is 6.96. The molecule has 16 heavy (non-hydrogen) atoms. The first-order valence-electron chi connectivity index (χ1n) is 5.72. The Morgan fingerprint density at radius 1 is 1.62 bits per heavy atom. The average molecular weight is 242 g/mol. The van der Waals surface area contributed by atoms with Crippen molar-refractivity contribution in [3.63, 3.8) is 0 Å². The number of ether oxygens (including phenoxy) is 2. The fraction of sp³-hybridized carbons (Fsp3) is 0.727. The molecule has 4 nitrogen and oxygen atoms in total. The van der Waals surface area contributed by atoms with Crippen molar-refractivity contribution in [1.82, 2.24) is 10.3 Å². The Balaban J connectivity index is 1.43. The summed E-state index contributed by atoms with van der Waals surface area (Å²) in [6.07, 6.45) is 2.42.